The zero-order chi connectivity index (χ0) is 15.4. The van der Waals surface area contributed by atoms with Crippen molar-refractivity contribution in [2.45, 2.75) is 19.3 Å². The van der Waals surface area contributed by atoms with Crippen LogP contribution in [-0.2, 0) is 22.6 Å². The summed E-state index contributed by atoms with van der Waals surface area (Å²) in [6.07, 6.45) is 0.0383. The van der Waals surface area contributed by atoms with E-state index in [0.717, 1.165) is 23.7 Å². The summed E-state index contributed by atoms with van der Waals surface area (Å²) < 4.78 is 15.9. The molecule has 1 aromatic carbocycles. The molecule has 2 heterocycles. The number of ether oxygens (including phenoxy) is 2. The molecule has 0 amide bonds. The summed E-state index contributed by atoms with van der Waals surface area (Å²) in [5, 5.41) is 4.70. The van der Waals surface area contributed by atoms with Gasteiger partial charge >= 0.3 is 0 Å². The number of hydrogen-bond donors (Lipinski definition) is 0. The van der Waals surface area contributed by atoms with E-state index in [2.05, 4.69) is 15.0 Å². The standard InChI is InChI=1S/C15H18ClN3O3/c1-20-10-15-17-14(18-22-15)9-19-6-7-21-13(8-19)11-2-4-12(16)5-3-11/h2-5,13H,6-10H2,1H3/t13-/m0/s1. The van der Waals surface area contributed by atoms with Gasteiger partial charge in [-0.3, -0.25) is 4.90 Å². The van der Waals surface area contributed by atoms with Crippen LogP contribution in [0.1, 0.15) is 23.4 Å². The van der Waals surface area contributed by atoms with E-state index < -0.39 is 0 Å². The van der Waals surface area contributed by atoms with Crippen molar-refractivity contribution in [3.8, 4) is 0 Å². The second-order valence-electron chi connectivity index (χ2n) is 5.18. The molecule has 22 heavy (non-hydrogen) atoms. The highest BCUT2D eigenvalue weighted by Crippen LogP contribution is 2.24. The van der Waals surface area contributed by atoms with Gasteiger partial charge in [0.25, 0.3) is 5.89 Å². The fourth-order valence-electron chi connectivity index (χ4n) is 2.46. The molecule has 2 aromatic rings. The lowest BCUT2D eigenvalue weighted by Gasteiger charge is -2.32. The molecule has 1 aliphatic rings. The third-order valence-electron chi connectivity index (χ3n) is 3.54. The summed E-state index contributed by atoms with van der Waals surface area (Å²) in [6.45, 7) is 3.29. The highest BCUT2D eigenvalue weighted by Gasteiger charge is 2.23. The highest BCUT2D eigenvalue weighted by atomic mass is 35.5. The average molecular weight is 324 g/mol. The van der Waals surface area contributed by atoms with Gasteiger partial charge in [0.05, 0.1) is 19.3 Å². The number of methoxy groups -OCH3 is 1. The number of hydrogen-bond acceptors (Lipinski definition) is 6. The Hall–Kier alpha value is -1.47. The Balaban J connectivity index is 1.61. The van der Waals surface area contributed by atoms with Crippen LogP contribution in [0.3, 0.4) is 0 Å². The molecular formula is C15H18ClN3O3. The molecule has 0 radical (unpaired) electrons. The number of halogens is 1. The van der Waals surface area contributed by atoms with E-state index >= 15 is 0 Å². The van der Waals surface area contributed by atoms with Crippen molar-refractivity contribution in [2.75, 3.05) is 26.8 Å². The van der Waals surface area contributed by atoms with Crippen molar-refractivity contribution in [3.63, 3.8) is 0 Å². The van der Waals surface area contributed by atoms with Crippen LogP contribution in [0.5, 0.6) is 0 Å². The predicted molar refractivity (Wildman–Crippen MR) is 80.4 cm³/mol. The number of nitrogens with zero attached hydrogens (tertiary/aromatic N) is 3. The molecule has 1 aromatic heterocycles. The summed E-state index contributed by atoms with van der Waals surface area (Å²) in [5.41, 5.74) is 1.13. The molecule has 1 fully saturated rings. The maximum atomic E-state index is 5.93. The molecule has 0 unspecified atom stereocenters. The first kappa shape index (κ1) is 15.4. The summed E-state index contributed by atoms with van der Waals surface area (Å²) in [6, 6.07) is 7.77. The Morgan fingerprint density at radius 2 is 2.18 bits per heavy atom. The van der Waals surface area contributed by atoms with Crippen molar-refractivity contribution in [1.82, 2.24) is 15.0 Å². The topological polar surface area (TPSA) is 60.6 Å². The zero-order valence-corrected chi connectivity index (χ0v) is 13.1. The van der Waals surface area contributed by atoms with Crippen LogP contribution in [0.25, 0.3) is 0 Å². The van der Waals surface area contributed by atoms with E-state index in [0.29, 0.717) is 31.5 Å². The molecule has 0 saturated carbocycles. The lowest BCUT2D eigenvalue weighted by molar-refractivity contribution is -0.0338. The summed E-state index contributed by atoms with van der Waals surface area (Å²) in [5.74, 6) is 1.17. The summed E-state index contributed by atoms with van der Waals surface area (Å²) in [4.78, 5) is 6.55. The van der Waals surface area contributed by atoms with Crippen LogP contribution < -0.4 is 0 Å². The van der Waals surface area contributed by atoms with Crippen molar-refractivity contribution < 1.29 is 14.0 Å². The van der Waals surface area contributed by atoms with E-state index in [-0.39, 0.29) is 6.10 Å². The number of aromatic nitrogens is 2. The molecule has 1 atom stereocenters. The number of morpholine rings is 1. The molecule has 0 N–H and O–H groups in total. The van der Waals surface area contributed by atoms with Crippen LogP contribution >= 0.6 is 11.6 Å². The Bertz CT molecular complexity index is 602. The van der Waals surface area contributed by atoms with Crippen LogP contribution in [-0.4, -0.2) is 41.8 Å². The largest absolute Gasteiger partial charge is 0.375 e. The fraction of sp³-hybridized carbons (Fsp3) is 0.467. The van der Waals surface area contributed by atoms with Gasteiger partial charge in [0.1, 0.15) is 6.61 Å². The van der Waals surface area contributed by atoms with Crippen LogP contribution in [0.15, 0.2) is 28.8 Å². The van der Waals surface area contributed by atoms with Gasteiger partial charge in [-0.25, -0.2) is 0 Å². The van der Waals surface area contributed by atoms with E-state index in [9.17, 15) is 0 Å². The second-order valence-corrected chi connectivity index (χ2v) is 5.62. The third-order valence-corrected chi connectivity index (χ3v) is 3.79. The molecule has 1 aliphatic heterocycles. The second kappa shape index (κ2) is 7.19. The van der Waals surface area contributed by atoms with Crippen molar-refractivity contribution >= 4 is 11.6 Å². The van der Waals surface area contributed by atoms with Crippen LogP contribution in [0, 0.1) is 0 Å². The van der Waals surface area contributed by atoms with Gasteiger partial charge in [-0.2, -0.15) is 4.98 Å². The predicted octanol–water partition coefficient (Wildman–Crippen LogP) is 2.44. The van der Waals surface area contributed by atoms with Gasteiger partial charge in [0.15, 0.2) is 5.82 Å². The minimum absolute atomic E-state index is 0.0383. The van der Waals surface area contributed by atoms with E-state index in [1.165, 1.54) is 0 Å². The Labute approximate surface area is 134 Å². The molecule has 6 nitrogen and oxygen atoms in total. The molecular weight excluding hydrogens is 306 g/mol. The van der Waals surface area contributed by atoms with Gasteiger partial charge in [-0.1, -0.05) is 28.9 Å². The molecule has 0 bridgehead atoms. The first-order chi connectivity index (χ1) is 10.7. The normalized spacial score (nSPS) is 19.5. The number of rotatable bonds is 5. The van der Waals surface area contributed by atoms with Gasteiger partial charge in [-0.05, 0) is 17.7 Å². The van der Waals surface area contributed by atoms with Crippen molar-refractivity contribution in [2.24, 2.45) is 0 Å². The first-order valence-corrected chi connectivity index (χ1v) is 7.52. The molecule has 0 spiro atoms. The summed E-state index contributed by atoms with van der Waals surface area (Å²) >= 11 is 5.93. The minimum atomic E-state index is 0.0383. The monoisotopic (exact) mass is 323 g/mol. The Kier molecular flexibility index (Phi) is 5.04. The molecule has 7 heteroatoms. The van der Waals surface area contributed by atoms with Gasteiger partial charge in [0.2, 0.25) is 0 Å². The molecule has 3 rings (SSSR count). The molecule has 1 saturated heterocycles. The minimum Gasteiger partial charge on any atom is -0.375 e. The Morgan fingerprint density at radius 1 is 1.36 bits per heavy atom. The van der Waals surface area contributed by atoms with Crippen molar-refractivity contribution in [1.29, 1.82) is 0 Å². The molecule has 0 aliphatic carbocycles. The van der Waals surface area contributed by atoms with Crippen LogP contribution in [0.2, 0.25) is 5.02 Å². The van der Waals surface area contributed by atoms with Gasteiger partial charge in [0, 0.05) is 25.2 Å². The fourth-order valence-corrected chi connectivity index (χ4v) is 2.59. The lowest BCUT2D eigenvalue weighted by Crippen LogP contribution is -2.38. The maximum absolute atomic E-state index is 5.93. The number of benzene rings is 1. The average Bonchev–Trinajstić information content (AvgIpc) is 2.96. The van der Waals surface area contributed by atoms with Crippen LogP contribution in [0.4, 0.5) is 0 Å². The van der Waals surface area contributed by atoms with E-state index in [4.69, 9.17) is 25.6 Å². The summed E-state index contributed by atoms with van der Waals surface area (Å²) in [7, 11) is 1.60. The van der Waals surface area contributed by atoms with Crippen molar-refractivity contribution in [3.05, 3.63) is 46.6 Å². The quantitative estimate of drug-likeness (QED) is 0.842. The highest BCUT2D eigenvalue weighted by molar-refractivity contribution is 6.30. The molecule has 118 valence electrons. The first-order valence-electron chi connectivity index (χ1n) is 7.14. The maximum Gasteiger partial charge on any atom is 0.252 e. The van der Waals surface area contributed by atoms with E-state index in [1.807, 2.05) is 24.3 Å². The lowest BCUT2D eigenvalue weighted by atomic mass is 10.1. The van der Waals surface area contributed by atoms with Gasteiger partial charge < -0.3 is 14.0 Å². The SMILES string of the molecule is COCc1nc(CN2CCO[C@H](c3ccc(Cl)cc3)C2)no1. The van der Waals surface area contributed by atoms with Gasteiger partial charge in [-0.15, -0.1) is 0 Å². The van der Waals surface area contributed by atoms with E-state index in [1.54, 1.807) is 7.11 Å². The Morgan fingerprint density at radius 3 is 2.95 bits per heavy atom. The smallest absolute Gasteiger partial charge is 0.252 e. The third kappa shape index (κ3) is 3.84. The zero-order valence-electron chi connectivity index (χ0n) is 12.4.